The summed E-state index contributed by atoms with van der Waals surface area (Å²) < 4.78 is 1.82. The molecule has 0 amide bonds. The van der Waals surface area contributed by atoms with Crippen molar-refractivity contribution in [2.24, 2.45) is 12.8 Å². The predicted octanol–water partition coefficient (Wildman–Crippen LogP) is 1.34. The van der Waals surface area contributed by atoms with Gasteiger partial charge in [-0.2, -0.15) is 5.10 Å². The molecule has 0 fully saturated rings. The van der Waals surface area contributed by atoms with E-state index in [9.17, 15) is 0 Å². The molecule has 0 aliphatic heterocycles. The zero-order chi connectivity index (χ0) is 9.42. The minimum atomic E-state index is 0.556. The lowest BCUT2D eigenvalue weighted by molar-refractivity contribution is 0.777. The number of benzene rings is 1. The van der Waals surface area contributed by atoms with Gasteiger partial charge in [-0.25, -0.2) is 0 Å². The van der Waals surface area contributed by atoms with Gasteiger partial charge in [0.05, 0.1) is 5.52 Å². The second-order valence-electron chi connectivity index (χ2n) is 3.31. The fraction of sp³-hybridized carbons (Fsp3) is 0.300. The first kappa shape index (κ1) is 8.26. The smallest absolute Gasteiger partial charge is 0.0970 e. The Bertz CT molecular complexity index is 443. The van der Waals surface area contributed by atoms with Crippen LogP contribution in [-0.4, -0.2) is 9.78 Å². The van der Waals surface area contributed by atoms with Gasteiger partial charge in [0.1, 0.15) is 0 Å². The Morgan fingerprint density at radius 1 is 1.46 bits per heavy atom. The fourth-order valence-corrected chi connectivity index (χ4v) is 1.62. The van der Waals surface area contributed by atoms with E-state index in [1.807, 2.05) is 17.9 Å². The third-order valence-electron chi connectivity index (χ3n) is 2.34. The van der Waals surface area contributed by atoms with Gasteiger partial charge in [0, 0.05) is 25.2 Å². The molecule has 0 spiro atoms. The highest BCUT2D eigenvalue weighted by Gasteiger charge is 2.05. The standard InChI is InChI=1S/C10H13N3/c1-7-3-4-8-6-13(2)12-10(8)9(7)5-11/h3-4,6H,5,11H2,1-2H3. The molecule has 0 unspecified atom stereocenters. The van der Waals surface area contributed by atoms with Crippen molar-refractivity contribution in [1.82, 2.24) is 9.78 Å². The quantitative estimate of drug-likeness (QED) is 0.710. The van der Waals surface area contributed by atoms with Crippen molar-refractivity contribution in [2.75, 3.05) is 0 Å². The Morgan fingerprint density at radius 3 is 2.92 bits per heavy atom. The van der Waals surface area contributed by atoms with E-state index < -0.39 is 0 Å². The Labute approximate surface area is 77.2 Å². The average molecular weight is 175 g/mol. The highest BCUT2D eigenvalue weighted by atomic mass is 15.2. The van der Waals surface area contributed by atoms with Gasteiger partial charge in [-0.3, -0.25) is 4.68 Å². The number of rotatable bonds is 1. The number of aryl methyl sites for hydroxylation is 2. The molecule has 2 rings (SSSR count). The molecule has 0 aliphatic carbocycles. The van der Waals surface area contributed by atoms with Gasteiger partial charge in [0.2, 0.25) is 0 Å². The summed E-state index contributed by atoms with van der Waals surface area (Å²) in [4.78, 5) is 0. The third kappa shape index (κ3) is 1.21. The van der Waals surface area contributed by atoms with Crippen molar-refractivity contribution in [3.63, 3.8) is 0 Å². The van der Waals surface area contributed by atoms with Gasteiger partial charge >= 0.3 is 0 Å². The Kier molecular flexibility index (Phi) is 1.81. The molecule has 0 atom stereocenters. The molecule has 0 aliphatic rings. The summed E-state index contributed by atoms with van der Waals surface area (Å²) in [5, 5.41) is 5.54. The van der Waals surface area contributed by atoms with E-state index in [0.717, 1.165) is 16.5 Å². The summed E-state index contributed by atoms with van der Waals surface area (Å²) in [5.41, 5.74) is 9.08. The zero-order valence-corrected chi connectivity index (χ0v) is 7.91. The third-order valence-corrected chi connectivity index (χ3v) is 2.34. The molecule has 3 nitrogen and oxygen atoms in total. The molecule has 0 saturated heterocycles. The van der Waals surface area contributed by atoms with E-state index in [1.165, 1.54) is 5.56 Å². The van der Waals surface area contributed by atoms with Crippen LogP contribution in [0.2, 0.25) is 0 Å². The molecule has 68 valence electrons. The first-order chi connectivity index (χ1) is 6.22. The summed E-state index contributed by atoms with van der Waals surface area (Å²) in [7, 11) is 1.93. The van der Waals surface area contributed by atoms with Crippen molar-refractivity contribution >= 4 is 10.9 Å². The summed E-state index contributed by atoms with van der Waals surface area (Å²) in [6.45, 7) is 2.62. The van der Waals surface area contributed by atoms with Gasteiger partial charge < -0.3 is 5.73 Å². The van der Waals surface area contributed by atoms with E-state index in [2.05, 4.69) is 24.2 Å². The Hall–Kier alpha value is -1.35. The Morgan fingerprint density at radius 2 is 2.23 bits per heavy atom. The van der Waals surface area contributed by atoms with Crippen LogP contribution in [0.4, 0.5) is 0 Å². The van der Waals surface area contributed by atoms with Crippen LogP contribution in [0.5, 0.6) is 0 Å². The molecule has 0 saturated carbocycles. The van der Waals surface area contributed by atoms with Crippen LogP contribution in [-0.2, 0) is 13.6 Å². The van der Waals surface area contributed by atoms with E-state index in [4.69, 9.17) is 5.73 Å². The van der Waals surface area contributed by atoms with Gasteiger partial charge in [-0.05, 0) is 18.1 Å². The molecule has 13 heavy (non-hydrogen) atoms. The number of fused-ring (bicyclic) bond motifs is 1. The van der Waals surface area contributed by atoms with Gasteiger partial charge in [-0.1, -0.05) is 12.1 Å². The van der Waals surface area contributed by atoms with Crippen LogP contribution in [0.3, 0.4) is 0 Å². The van der Waals surface area contributed by atoms with Crippen LogP contribution >= 0.6 is 0 Å². The second-order valence-corrected chi connectivity index (χ2v) is 3.31. The zero-order valence-electron chi connectivity index (χ0n) is 7.91. The van der Waals surface area contributed by atoms with Crippen molar-refractivity contribution in [1.29, 1.82) is 0 Å². The first-order valence-corrected chi connectivity index (χ1v) is 4.34. The minimum absolute atomic E-state index is 0.556. The van der Waals surface area contributed by atoms with Crippen molar-refractivity contribution in [3.05, 3.63) is 29.5 Å². The van der Waals surface area contributed by atoms with E-state index in [-0.39, 0.29) is 0 Å². The molecule has 3 heteroatoms. The number of nitrogens with zero attached hydrogens (tertiary/aromatic N) is 2. The SMILES string of the molecule is Cc1ccc2cn(C)nc2c1CN. The number of nitrogens with two attached hydrogens (primary N) is 1. The molecule has 2 aromatic rings. The van der Waals surface area contributed by atoms with Crippen LogP contribution in [0.1, 0.15) is 11.1 Å². The lowest BCUT2D eigenvalue weighted by atomic mass is 10.1. The van der Waals surface area contributed by atoms with E-state index in [0.29, 0.717) is 6.54 Å². The van der Waals surface area contributed by atoms with Gasteiger partial charge in [-0.15, -0.1) is 0 Å². The monoisotopic (exact) mass is 175 g/mol. The summed E-state index contributed by atoms with van der Waals surface area (Å²) in [6.07, 6.45) is 2.01. The average Bonchev–Trinajstić information content (AvgIpc) is 2.45. The fourth-order valence-electron chi connectivity index (χ4n) is 1.62. The summed E-state index contributed by atoms with van der Waals surface area (Å²) >= 11 is 0. The maximum Gasteiger partial charge on any atom is 0.0970 e. The maximum atomic E-state index is 5.68. The van der Waals surface area contributed by atoms with E-state index in [1.54, 1.807) is 0 Å². The van der Waals surface area contributed by atoms with Gasteiger partial charge in [0.25, 0.3) is 0 Å². The van der Waals surface area contributed by atoms with Crippen molar-refractivity contribution in [2.45, 2.75) is 13.5 Å². The van der Waals surface area contributed by atoms with Crippen LogP contribution in [0.25, 0.3) is 10.9 Å². The normalized spacial score (nSPS) is 11.0. The number of aromatic nitrogens is 2. The highest BCUT2D eigenvalue weighted by molar-refractivity contribution is 5.82. The van der Waals surface area contributed by atoms with Crippen molar-refractivity contribution in [3.8, 4) is 0 Å². The van der Waals surface area contributed by atoms with Crippen LogP contribution in [0, 0.1) is 6.92 Å². The topological polar surface area (TPSA) is 43.8 Å². The molecular formula is C10H13N3. The second kappa shape index (κ2) is 2.85. The molecule has 1 aromatic heterocycles. The van der Waals surface area contributed by atoms with Crippen LogP contribution < -0.4 is 5.73 Å². The molecule has 1 aromatic carbocycles. The lowest BCUT2D eigenvalue weighted by Gasteiger charge is -2.02. The van der Waals surface area contributed by atoms with Crippen molar-refractivity contribution < 1.29 is 0 Å². The van der Waals surface area contributed by atoms with Gasteiger partial charge in [0.15, 0.2) is 0 Å². The highest BCUT2D eigenvalue weighted by Crippen LogP contribution is 2.19. The molecule has 0 bridgehead atoms. The summed E-state index contributed by atoms with van der Waals surface area (Å²) in [6, 6.07) is 4.17. The molecule has 0 radical (unpaired) electrons. The maximum absolute atomic E-state index is 5.68. The first-order valence-electron chi connectivity index (χ1n) is 4.34. The number of hydrogen-bond acceptors (Lipinski definition) is 2. The van der Waals surface area contributed by atoms with Crippen LogP contribution in [0.15, 0.2) is 18.3 Å². The molecule has 1 heterocycles. The summed E-state index contributed by atoms with van der Waals surface area (Å²) in [5.74, 6) is 0. The molecule has 2 N–H and O–H groups in total. The largest absolute Gasteiger partial charge is 0.326 e. The van der Waals surface area contributed by atoms with E-state index >= 15 is 0 Å². The predicted molar refractivity (Wildman–Crippen MR) is 53.3 cm³/mol. The molecular weight excluding hydrogens is 162 g/mol. The Balaban J connectivity index is 2.82. The lowest BCUT2D eigenvalue weighted by Crippen LogP contribution is -2.00. The minimum Gasteiger partial charge on any atom is -0.326 e. The number of hydrogen-bond donors (Lipinski definition) is 1.